The van der Waals surface area contributed by atoms with Crippen LogP contribution in [0.2, 0.25) is 0 Å². The number of nitrogens with two attached hydrogens (primary N) is 1. The second-order valence-electron chi connectivity index (χ2n) is 4.41. The normalized spacial score (nSPS) is 13.7. The largest absolute Gasteiger partial charge is 0.341 e. The molecule has 0 spiro atoms. The zero-order valence-corrected chi connectivity index (χ0v) is 9.41. The second-order valence-corrected chi connectivity index (χ2v) is 4.41. The van der Waals surface area contributed by atoms with Gasteiger partial charge in [-0.1, -0.05) is 19.9 Å². The highest BCUT2D eigenvalue weighted by molar-refractivity contribution is 5.75. The molecule has 3 N–H and O–H groups in total. The van der Waals surface area contributed by atoms with Crippen molar-refractivity contribution in [2.75, 3.05) is 0 Å². The van der Waals surface area contributed by atoms with E-state index in [4.69, 9.17) is 5.73 Å². The number of imidazole rings is 1. The number of hydrogen-bond donors (Lipinski definition) is 2. The van der Waals surface area contributed by atoms with E-state index in [9.17, 15) is 0 Å². The fourth-order valence-electron chi connectivity index (χ4n) is 1.62. The maximum absolute atomic E-state index is 6.05. The Bertz CT molecular complexity index is 471. The average molecular weight is 203 g/mol. The van der Waals surface area contributed by atoms with Gasteiger partial charge < -0.3 is 10.7 Å². The highest BCUT2D eigenvalue weighted by Crippen LogP contribution is 2.20. The van der Waals surface area contributed by atoms with Crippen molar-refractivity contribution in [2.24, 2.45) is 11.7 Å². The first kappa shape index (κ1) is 10.2. The number of benzene rings is 1. The SMILES string of the molecule is Cc1ccc2nc([C@@H](N)C(C)C)[nH]c2c1. The molecule has 0 unspecified atom stereocenters. The zero-order chi connectivity index (χ0) is 11.0. The molecule has 0 radical (unpaired) electrons. The maximum Gasteiger partial charge on any atom is 0.124 e. The third kappa shape index (κ3) is 1.88. The van der Waals surface area contributed by atoms with Gasteiger partial charge in [0, 0.05) is 0 Å². The summed E-state index contributed by atoms with van der Waals surface area (Å²) in [6.45, 7) is 6.27. The molecule has 3 heteroatoms. The van der Waals surface area contributed by atoms with Gasteiger partial charge in [-0.15, -0.1) is 0 Å². The molecule has 3 nitrogen and oxygen atoms in total. The van der Waals surface area contributed by atoms with E-state index in [-0.39, 0.29) is 6.04 Å². The number of rotatable bonds is 2. The van der Waals surface area contributed by atoms with Crippen molar-refractivity contribution >= 4 is 11.0 Å². The van der Waals surface area contributed by atoms with Gasteiger partial charge in [0.15, 0.2) is 0 Å². The van der Waals surface area contributed by atoms with Crippen LogP contribution in [0.3, 0.4) is 0 Å². The van der Waals surface area contributed by atoms with Crippen LogP contribution in [0.1, 0.15) is 31.3 Å². The molecule has 0 aliphatic rings. The van der Waals surface area contributed by atoms with Crippen LogP contribution in [0, 0.1) is 12.8 Å². The van der Waals surface area contributed by atoms with E-state index in [1.807, 2.05) is 6.07 Å². The highest BCUT2D eigenvalue weighted by Gasteiger charge is 2.14. The number of aromatic nitrogens is 2. The third-order valence-corrected chi connectivity index (χ3v) is 2.69. The lowest BCUT2D eigenvalue weighted by atomic mass is 10.1. The monoisotopic (exact) mass is 203 g/mol. The predicted molar refractivity (Wildman–Crippen MR) is 62.6 cm³/mol. The van der Waals surface area contributed by atoms with E-state index in [0.29, 0.717) is 5.92 Å². The summed E-state index contributed by atoms with van der Waals surface area (Å²) in [7, 11) is 0. The summed E-state index contributed by atoms with van der Waals surface area (Å²) in [6, 6.07) is 6.17. The van der Waals surface area contributed by atoms with Gasteiger partial charge in [-0.3, -0.25) is 0 Å². The topological polar surface area (TPSA) is 54.7 Å². The summed E-state index contributed by atoms with van der Waals surface area (Å²) in [4.78, 5) is 7.78. The van der Waals surface area contributed by atoms with Gasteiger partial charge >= 0.3 is 0 Å². The Hall–Kier alpha value is -1.35. The molecule has 2 rings (SSSR count). The number of aryl methyl sites for hydroxylation is 1. The molecule has 1 atom stereocenters. The molecule has 1 aromatic heterocycles. The second kappa shape index (κ2) is 3.66. The predicted octanol–water partition coefficient (Wildman–Crippen LogP) is 2.53. The Morgan fingerprint density at radius 3 is 2.73 bits per heavy atom. The first-order valence-electron chi connectivity index (χ1n) is 5.30. The van der Waals surface area contributed by atoms with Gasteiger partial charge in [-0.2, -0.15) is 0 Å². The van der Waals surface area contributed by atoms with E-state index >= 15 is 0 Å². The van der Waals surface area contributed by atoms with Crippen LogP contribution in [-0.2, 0) is 0 Å². The number of fused-ring (bicyclic) bond motifs is 1. The first-order chi connectivity index (χ1) is 7.08. The third-order valence-electron chi connectivity index (χ3n) is 2.69. The molecular weight excluding hydrogens is 186 g/mol. The fourth-order valence-corrected chi connectivity index (χ4v) is 1.62. The van der Waals surface area contributed by atoms with Crippen molar-refractivity contribution in [3.05, 3.63) is 29.6 Å². The smallest absolute Gasteiger partial charge is 0.124 e. The van der Waals surface area contributed by atoms with E-state index in [1.54, 1.807) is 0 Å². The van der Waals surface area contributed by atoms with Gasteiger partial charge in [0.25, 0.3) is 0 Å². The summed E-state index contributed by atoms with van der Waals surface area (Å²) < 4.78 is 0. The summed E-state index contributed by atoms with van der Waals surface area (Å²) in [5.41, 5.74) is 9.34. The van der Waals surface area contributed by atoms with Crippen LogP contribution < -0.4 is 5.73 Å². The molecule has 2 aromatic rings. The van der Waals surface area contributed by atoms with Crippen molar-refractivity contribution in [3.8, 4) is 0 Å². The first-order valence-corrected chi connectivity index (χ1v) is 5.30. The quantitative estimate of drug-likeness (QED) is 0.788. The molecule has 1 aromatic carbocycles. The number of hydrogen-bond acceptors (Lipinski definition) is 2. The Labute approximate surface area is 89.7 Å². The van der Waals surface area contributed by atoms with Gasteiger partial charge in [-0.25, -0.2) is 4.98 Å². The minimum Gasteiger partial charge on any atom is -0.341 e. The number of H-pyrrole nitrogens is 1. The van der Waals surface area contributed by atoms with Crippen LogP contribution in [0.4, 0.5) is 0 Å². The Balaban J connectivity index is 2.47. The molecule has 0 aliphatic heterocycles. The molecule has 0 saturated carbocycles. The van der Waals surface area contributed by atoms with E-state index in [0.717, 1.165) is 16.9 Å². The van der Waals surface area contributed by atoms with Crippen molar-refractivity contribution in [3.63, 3.8) is 0 Å². The molecule has 0 amide bonds. The van der Waals surface area contributed by atoms with E-state index < -0.39 is 0 Å². The average Bonchev–Trinajstić information content (AvgIpc) is 2.58. The van der Waals surface area contributed by atoms with Crippen LogP contribution in [-0.4, -0.2) is 9.97 Å². The van der Waals surface area contributed by atoms with E-state index in [1.165, 1.54) is 5.56 Å². The Morgan fingerprint density at radius 1 is 1.33 bits per heavy atom. The van der Waals surface area contributed by atoms with Crippen LogP contribution in [0.15, 0.2) is 18.2 Å². The van der Waals surface area contributed by atoms with Gasteiger partial charge in [0.2, 0.25) is 0 Å². The van der Waals surface area contributed by atoms with E-state index in [2.05, 4.69) is 42.9 Å². The molecule has 0 bridgehead atoms. The maximum atomic E-state index is 6.05. The van der Waals surface area contributed by atoms with Crippen molar-refractivity contribution in [1.29, 1.82) is 0 Å². The van der Waals surface area contributed by atoms with Crippen LogP contribution >= 0.6 is 0 Å². The Morgan fingerprint density at radius 2 is 2.07 bits per heavy atom. The molecular formula is C12H17N3. The van der Waals surface area contributed by atoms with Gasteiger partial charge in [0.1, 0.15) is 5.82 Å². The number of nitrogens with zero attached hydrogens (tertiary/aromatic N) is 1. The standard InChI is InChI=1S/C12H17N3/c1-7(2)11(13)12-14-9-5-4-8(3)6-10(9)15-12/h4-7,11H,13H2,1-3H3,(H,14,15)/t11-/m0/s1. The molecule has 80 valence electrons. The molecule has 0 saturated heterocycles. The van der Waals surface area contributed by atoms with Crippen molar-refractivity contribution < 1.29 is 0 Å². The zero-order valence-electron chi connectivity index (χ0n) is 9.41. The summed E-state index contributed by atoms with van der Waals surface area (Å²) >= 11 is 0. The minimum absolute atomic E-state index is 0.0160. The lowest BCUT2D eigenvalue weighted by Crippen LogP contribution is -2.17. The van der Waals surface area contributed by atoms with Crippen LogP contribution in [0.5, 0.6) is 0 Å². The fraction of sp³-hybridized carbons (Fsp3) is 0.417. The lowest BCUT2D eigenvalue weighted by Gasteiger charge is -2.11. The van der Waals surface area contributed by atoms with Crippen molar-refractivity contribution in [2.45, 2.75) is 26.8 Å². The minimum atomic E-state index is -0.0160. The summed E-state index contributed by atoms with van der Waals surface area (Å²) in [6.07, 6.45) is 0. The number of nitrogens with one attached hydrogen (secondary N) is 1. The Kier molecular flexibility index (Phi) is 2.49. The molecule has 1 heterocycles. The molecule has 0 aliphatic carbocycles. The van der Waals surface area contributed by atoms with Gasteiger partial charge in [0.05, 0.1) is 17.1 Å². The summed E-state index contributed by atoms with van der Waals surface area (Å²) in [5.74, 6) is 1.28. The van der Waals surface area contributed by atoms with Gasteiger partial charge in [-0.05, 0) is 30.5 Å². The van der Waals surface area contributed by atoms with Crippen LogP contribution in [0.25, 0.3) is 11.0 Å². The molecule has 0 fully saturated rings. The lowest BCUT2D eigenvalue weighted by molar-refractivity contribution is 0.495. The molecule has 15 heavy (non-hydrogen) atoms. The highest BCUT2D eigenvalue weighted by atomic mass is 15.0. The van der Waals surface area contributed by atoms with Crippen molar-refractivity contribution in [1.82, 2.24) is 9.97 Å². The number of aromatic amines is 1. The summed E-state index contributed by atoms with van der Waals surface area (Å²) in [5, 5.41) is 0.